The summed E-state index contributed by atoms with van der Waals surface area (Å²) in [6, 6.07) is 12.0. The topological polar surface area (TPSA) is 111 Å². The van der Waals surface area contributed by atoms with Crippen LogP contribution in [0.3, 0.4) is 0 Å². The molecule has 0 N–H and O–H groups in total. The lowest BCUT2D eigenvalue weighted by Crippen LogP contribution is -2.46. The monoisotopic (exact) mass is 438 g/mol. The SMILES string of the molecule is CSCC[C@@H](C(=O)OCn1nnc2ccccc2c1=O)N1C(=O)c2ccccc2C1=O. The first-order valence-electron chi connectivity index (χ1n) is 9.48. The maximum Gasteiger partial charge on any atom is 0.331 e. The minimum absolute atomic E-state index is 0.226. The molecule has 31 heavy (non-hydrogen) atoms. The third-order valence-corrected chi connectivity index (χ3v) is 5.61. The molecule has 1 aromatic heterocycles. The van der Waals surface area contributed by atoms with Crippen LogP contribution < -0.4 is 5.56 Å². The Kier molecular flexibility index (Phi) is 5.81. The Morgan fingerprint density at radius 2 is 1.68 bits per heavy atom. The molecule has 0 radical (unpaired) electrons. The molecule has 1 atom stereocenters. The van der Waals surface area contributed by atoms with E-state index in [0.29, 0.717) is 16.7 Å². The molecule has 1 aliphatic heterocycles. The van der Waals surface area contributed by atoms with Crippen molar-refractivity contribution >= 4 is 40.4 Å². The highest BCUT2D eigenvalue weighted by Crippen LogP contribution is 2.26. The zero-order chi connectivity index (χ0) is 22.0. The van der Waals surface area contributed by atoms with Gasteiger partial charge in [-0.2, -0.15) is 16.4 Å². The van der Waals surface area contributed by atoms with E-state index in [1.807, 2.05) is 6.26 Å². The van der Waals surface area contributed by atoms with Crippen LogP contribution in [0, 0.1) is 0 Å². The highest BCUT2D eigenvalue weighted by atomic mass is 32.2. The highest BCUT2D eigenvalue weighted by molar-refractivity contribution is 7.98. The van der Waals surface area contributed by atoms with Crippen LogP contribution in [0.2, 0.25) is 0 Å². The first-order valence-corrected chi connectivity index (χ1v) is 10.9. The zero-order valence-electron chi connectivity index (χ0n) is 16.6. The fraction of sp³-hybridized carbons (Fsp3) is 0.238. The number of benzene rings is 2. The van der Waals surface area contributed by atoms with Gasteiger partial charge in [-0.05, 0) is 42.7 Å². The average molecular weight is 438 g/mol. The van der Waals surface area contributed by atoms with Crippen molar-refractivity contribution in [2.24, 2.45) is 0 Å². The van der Waals surface area contributed by atoms with Crippen LogP contribution in [0.5, 0.6) is 0 Å². The zero-order valence-corrected chi connectivity index (χ0v) is 17.4. The summed E-state index contributed by atoms with van der Waals surface area (Å²) in [6.07, 6.45) is 2.08. The number of thioether (sulfide) groups is 1. The van der Waals surface area contributed by atoms with Crippen LogP contribution in [0.15, 0.2) is 53.3 Å². The third-order valence-electron chi connectivity index (χ3n) is 4.96. The van der Waals surface area contributed by atoms with Crippen molar-refractivity contribution in [2.75, 3.05) is 12.0 Å². The summed E-state index contributed by atoms with van der Waals surface area (Å²) in [5, 5.41) is 8.07. The molecule has 0 saturated heterocycles. The molecule has 2 amide bonds. The average Bonchev–Trinajstić information content (AvgIpc) is 3.04. The Morgan fingerprint density at radius 1 is 1.03 bits per heavy atom. The van der Waals surface area contributed by atoms with Gasteiger partial charge in [-0.15, -0.1) is 5.10 Å². The van der Waals surface area contributed by atoms with Crippen LogP contribution in [0.4, 0.5) is 0 Å². The third kappa shape index (κ3) is 3.81. The summed E-state index contributed by atoms with van der Waals surface area (Å²) < 4.78 is 6.22. The lowest BCUT2D eigenvalue weighted by atomic mass is 10.1. The van der Waals surface area contributed by atoms with E-state index in [2.05, 4.69) is 10.3 Å². The van der Waals surface area contributed by atoms with Gasteiger partial charge in [-0.3, -0.25) is 19.3 Å². The fourth-order valence-corrected chi connectivity index (χ4v) is 3.86. The van der Waals surface area contributed by atoms with Crippen LogP contribution in [-0.4, -0.2) is 55.7 Å². The molecule has 0 bridgehead atoms. The fourth-order valence-electron chi connectivity index (χ4n) is 3.40. The maximum absolute atomic E-state index is 12.9. The quantitative estimate of drug-likeness (QED) is 0.405. The van der Waals surface area contributed by atoms with E-state index in [0.717, 1.165) is 9.58 Å². The van der Waals surface area contributed by atoms with Crippen molar-refractivity contribution in [3.63, 3.8) is 0 Å². The number of ether oxygens (including phenoxy) is 1. The van der Waals surface area contributed by atoms with E-state index in [4.69, 9.17) is 4.74 Å². The van der Waals surface area contributed by atoms with E-state index >= 15 is 0 Å². The van der Waals surface area contributed by atoms with Crippen LogP contribution in [0.1, 0.15) is 27.1 Å². The Balaban J connectivity index is 1.56. The number of nitrogens with zero attached hydrogens (tertiary/aromatic N) is 4. The Labute approximate surface area is 181 Å². The number of aromatic nitrogens is 3. The van der Waals surface area contributed by atoms with Gasteiger partial charge in [0.1, 0.15) is 11.6 Å². The molecular formula is C21H18N4O5S. The minimum Gasteiger partial charge on any atom is -0.441 e. The molecule has 158 valence electrons. The van der Waals surface area contributed by atoms with Gasteiger partial charge in [0.05, 0.1) is 16.5 Å². The molecule has 0 saturated carbocycles. The van der Waals surface area contributed by atoms with Crippen molar-refractivity contribution in [1.29, 1.82) is 0 Å². The van der Waals surface area contributed by atoms with Crippen molar-refractivity contribution in [3.8, 4) is 0 Å². The summed E-state index contributed by atoms with van der Waals surface area (Å²) in [4.78, 5) is 52.0. The van der Waals surface area contributed by atoms with Gasteiger partial charge in [-0.1, -0.05) is 29.5 Å². The molecule has 3 aromatic rings. The number of rotatable bonds is 7. The molecule has 0 aliphatic carbocycles. The molecule has 0 spiro atoms. The Hall–Kier alpha value is -3.53. The summed E-state index contributed by atoms with van der Waals surface area (Å²) in [7, 11) is 0. The summed E-state index contributed by atoms with van der Waals surface area (Å²) in [5.41, 5.74) is 0.482. The van der Waals surface area contributed by atoms with Crippen LogP contribution in [0.25, 0.3) is 10.9 Å². The van der Waals surface area contributed by atoms with Gasteiger partial charge in [0.15, 0.2) is 6.73 Å². The first-order chi connectivity index (χ1) is 15.0. The smallest absolute Gasteiger partial charge is 0.331 e. The number of carbonyl (C=O) groups is 3. The predicted octanol–water partition coefficient (Wildman–Crippen LogP) is 1.71. The summed E-state index contributed by atoms with van der Waals surface area (Å²) in [5.74, 6) is -1.33. The first kappa shape index (κ1) is 20.7. The molecule has 2 aromatic carbocycles. The Morgan fingerprint density at radius 3 is 2.35 bits per heavy atom. The lowest BCUT2D eigenvalue weighted by molar-refractivity contribution is -0.153. The number of amides is 2. The van der Waals surface area contributed by atoms with Crippen LogP contribution >= 0.6 is 11.8 Å². The molecule has 2 heterocycles. The number of imide groups is 1. The number of carbonyl (C=O) groups excluding carboxylic acids is 3. The van der Waals surface area contributed by atoms with E-state index in [1.165, 1.54) is 11.8 Å². The van der Waals surface area contributed by atoms with Crippen LogP contribution in [-0.2, 0) is 16.3 Å². The second kappa shape index (κ2) is 8.68. The number of hydrogen-bond donors (Lipinski definition) is 0. The van der Waals surface area contributed by atoms with E-state index in [-0.39, 0.29) is 17.5 Å². The Bertz CT molecular complexity index is 1210. The van der Waals surface area contributed by atoms with E-state index in [9.17, 15) is 19.2 Å². The molecule has 0 unspecified atom stereocenters. The second-order valence-corrected chi connectivity index (χ2v) is 7.81. The van der Waals surface area contributed by atoms with E-state index in [1.54, 1.807) is 48.5 Å². The normalized spacial score (nSPS) is 14.0. The van der Waals surface area contributed by atoms with Gasteiger partial charge in [0.25, 0.3) is 17.4 Å². The largest absolute Gasteiger partial charge is 0.441 e. The van der Waals surface area contributed by atoms with Gasteiger partial charge in [0.2, 0.25) is 0 Å². The lowest BCUT2D eigenvalue weighted by Gasteiger charge is -2.24. The van der Waals surface area contributed by atoms with Crippen molar-refractivity contribution in [3.05, 3.63) is 70.0 Å². The molecule has 10 heteroatoms. The number of esters is 1. The van der Waals surface area contributed by atoms with Gasteiger partial charge < -0.3 is 4.74 Å². The molecule has 1 aliphatic rings. The van der Waals surface area contributed by atoms with E-state index < -0.39 is 36.1 Å². The maximum atomic E-state index is 12.9. The molecular weight excluding hydrogens is 420 g/mol. The summed E-state index contributed by atoms with van der Waals surface area (Å²) in [6.45, 7) is -0.478. The van der Waals surface area contributed by atoms with Gasteiger partial charge in [0, 0.05) is 0 Å². The molecule has 4 rings (SSSR count). The standard InChI is InChI=1S/C21H18N4O5S/c1-31-11-10-17(25-19(27)13-6-2-3-7-14(13)20(25)28)21(29)30-12-24-18(26)15-8-4-5-9-16(15)22-23-24/h2-9,17H,10-12H2,1H3/t17-/m0/s1. The minimum atomic E-state index is -1.11. The van der Waals surface area contributed by atoms with Crippen molar-refractivity contribution in [2.45, 2.75) is 19.2 Å². The highest BCUT2D eigenvalue weighted by Gasteiger charge is 2.43. The van der Waals surface area contributed by atoms with Gasteiger partial charge in [-0.25, -0.2) is 4.79 Å². The van der Waals surface area contributed by atoms with Crippen molar-refractivity contribution < 1.29 is 19.1 Å². The van der Waals surface area contributed by atoms with Gasteiger partial charge >= 0.3 is 5.97 Å². The summed E-state index contributed by atoms with van der Waals surface area (Å²) >= 11 is 1.48. The van der Waals surface area contributed by atoms with Crippen molar-refractivity contribution in [1.82, 2.24) is 19.9 Å². The predicted molar refractivity (Wildman–Crippen MR) is 114 cm³/mol. The molecule has 0 fully saturated rings. The molecule has 9 nitrogen and oxygen atoms in total. The second-order valence-electron chi connectivity index (χ2n) is 6.83. The number of hydrogen-bond acceptors (Lipinski definition) is 8. The number of fused-ring (bicyclic) bond motifs is 2.